The molecule has 0 aliphatic heterocycles. The minimum absolute atomic E-state index is 0. The average Bonchev–Trinajstić information content (AvgIpc) is 3.01. The van der Waals surface area contributed by atoms with Gasteiger partial charge < -0.3 is 0 Å². The van der Waals surface area contributed by atoms with Gasteiger partial charge in [0.1, 0.15) is 0 Å². The molecule has 0 amide bonds. The summed E-state index contributed by atoms with van der Waals surface area (Å²) in [5, 5.41) is 0. The molecule has 0 heterocycles. The van der Waals surface area contributed by atoms with Crippen molar-refractivity contribution in [2.45, 2.75) is 0 Å². The van der Waals surface area contributed by atoms with Crippen molar-refractivity contribution >= 4 is 0 Å². The summed E-state index contributed by atoms with van der Waals surface area (Å²) >= 11 is 0. The Hall–Kier alpha value is -3.75. The summed E-state index contributed by atoms with van der Waals surface area (Å²) in [4.78, 5) is 0. The Kier molecular flexibility index (Phi) is 12.6. The van der Waals surface area contributed by atoms with Gasteiger partial charge in [-0.05, 0) is 0 Å². The van der Waals surface area contributed by atoms with E-state index in [0.29, 0.717) is 0 Å². The second-order valence-electron chi connectivity index (χ2n) is 8.95. The van der Waals surface area contributed by atoms with E-state index >= 15 is 0 Å². The van der Waals surface area contributed by atoms with E-state index < -0.39 is 0 Å². The zero-order valence-electron chi connectivity index (χ0n) is 23.3. The third-order valence-corrected chi connectivity index (χ3v) is 6.37. The van der Waals surface area contributed by atoms with Crippen LogP contribution < -0.4 is 37.7 Å². The molecule has 40 heavy (non-hydrogen) atoms. The van der Waals surface area contributed by atoms with Gasteiger partial charge in [-0.3, -0.25) is 0 Å². The van der Waals surface area contributed by atoms with Crippen LogP contribution in [0.4, 0.5) is 0 Å². The molecular formula is C38H30Li2. The normalized spacial score (nSPS) is 9.60. The fraction of sp³-hybridized carbons (Fsp3) is 0. The SMILES string of the molecule is [Li+].[Li+].c1ccc([C-](c2ccccc2)c2ccccc2)cc1.c1ccc([C-](c2ccccc2)c2ccccc2)cc1. The quantitative estimate of drug-likeness (QED) is 0.187. The van der Waals surface area contributed by atoms with Crippen LogP contribution in [0.1, 0.15) is 33.4 Å². The van der Waals surface area contributed by atoms with Crippen molar-refractivity contribution in [3.05, 3.63) is 227 Å². The van der Waals surface area contributed by atoms with E-state index in [-0.39, 0.29) is 37.7 Å². The Morgan fingerprint density at radius 2 is 0.325 bits per heavy atom. The topological polar surface area (TPSA) is 0 Å². The molecule has 0 spiro atoms. The summed E-state index contributed by atoms with van der Waals surface area (Å²) in [5.41, 5.74) is 7.50. The predicted molar refractivity (Wildman–Crippen MR) is 160 cm³/mol. The molecule has 184 valence electrons. The molecule has 0 saturated heterocycles. The van der Waals surface area contributed by atoms with E-state index in [1.165, 1.54) is 45.2 Å². The number of benzene rings is 6. The first kappa shape index (κ1) is 30.8. The summed E-state index contributed by atoms with van der Waals surface area (Å²) in [7, 11) is 0. The van der Waals surface area contributed by atoms with Crippen molar-refractivity contribution in [2.24, 2.45) is 0 Å². The van der Waals surface area contributed by atoms with E-state index in [9.17, 15) is 0 Å². The molecule has 0 nitrogen and oxygen atoms in total. The fourth-order valence-electron chi connectivity index (χ4n) is 4.63. The van der Waals surface area contributed by atoms with Crippen molar-refractivity contribution < 1.29 is 37.7 Å². The van der Waals surface area contributed by atoms with Gasteiger partial charge in [-0.1, -0.05) is 227 Å². The van der Waals surface area contributed by atoms with Crippen LogP contribution in [-0.2, 0) is 0 Å². The third-order valence-electron chi connectivity index (χ3n) is 6.37. The maximum atomic E-state index is 2.16. The van der Waals surface area contributed by atoms with E-state index in [4.69, 9.17) is 0 Å². The summed E-state index contributed by atoms with van der Waals surface area (Å²) in [6.07, 6.45) is 0. The Labute approximate surface area is 263 Å². The van der Waals surface area contributed by atoms with Crippen LogP contribution >= 0.6 is 0 Å². The van der Waals surface area contributed by atoms with Crippen molar-refractivity contribution in [1.82, 2.24) is 0 Å². The zero-order valence-corrected chi connectivity index (χ0v) is 23.3. The fourth-order valence-corrected chi connectivity index (χ4v) is 4.63. The molecule has 6 aromatic carbocycles. The molecule has 0 aliphatic rings. The van der Waals surface area contributed by atoms with E-state index in [0.717, 1.165) is 0 Å². The molecule has 0 atom stereocenters. The van der Waals surface area contributed by atoms with Crippen LogP contribution in [0, 0.1) is 11.8 Å². The first-order valence-electron chi connectivity index (χ1n) is 13.0. The summed E-state index contributed by atoms with van der Waals surface area (Å²) < 4.78 is 0. The van der Waals surface area contributed by atoms with Crippen LogP contribution in [0.3, 0.4) is 0 Å². The van der Waals surface area contributed by atoms with E-state index in [1.807, 2.05) is 0 Å². The molecule has 6 aromatic rings. The number of hydrogen-bond acceptors (Lipinski definition) is 0. The Morgan fingerprint density at radius 1 is 0.200 bits per heavy atom. The maximum absolute atomic E-state index is 2.16. The van der Waals surface area contributed by atoms with Crippen molar-refractivity contribution in [3.8, 4) is 0 Å². The molecule has 0 saturated carbocycles. The van der Waals surface area contributed by atoms with Gasteiger partial charge in [0.2, 0.25) is 0 Å². The molecule has 0 aromatic heterocycles. The zero-order chi connectivity index (χ0) is 25.8. The largest absolute Gasteiger partial charge is 1.00 e. The smallest absolute Gasteiger partial charge is 0.0999 e. The molecule has 0 aliphatic carbocycles. The number of hydrogen-bond donors (Lipinski definition) is 0. The molecule has 0 bridgehead atoms. The maximum Gasteiger partial charge on any atom is 1.00 e. The standard InChI is InChI=1S/2C19H15.2Li/c2*1-4-10-16(11-5-1)19(17-12-6-2-7-13-17)18-14-8-3-9-15-18;;/h2*1-15H;;/q2*-1;2*+1. The van der Waals surface area contributed by atoms with Crippen LogP contribution in [0.15, 0.2) is 182 Å². The van der Waals surface area contributed by atoms with Crippen LogP contribution in [0.5, 0.6) is 0 Å². The van der Waals surface area contributed by atoms with Crippen molar-refractivity contribution in [1.29, 1.82) is 0 Å². The predicted octanol–water partition coefficient (Wildman–Crippen LogP) is 3.42. The number of rotatable bonds is 6. The average molecular weight is 501 g/mol. The Balaban J connectivity index is 0.000000210. The molecule has 0 fully saturated rings. The Morgan fingerprint density at radius 3 is 0.450 bits per heavy atom. The summed E-state index contributed by atoms with van der Waals surface area (Å²) in [6, 6.07) is 63.3. The van der Waals surface area contributed by atoms with Gasteiger partial charge in [0.15, 0.2) is 0 Å². The first-order valence-corrected chi connectivity index (χ1v) is 13.0. The van der Waals surface area contributed by atoms with Gasteiger partial charge >= 0.3 is 37.7 Å². The summed E-state index contributed by atoms with van der Waals surface area (Å²) in [6.45, 7) is 0. The van der Waals surface area contributed by atoms with Gasteiger partial charge in [0, 0.05) is 0 Å². The minimum atomic E-state index is 0. The van der Waals surface area contributed by atoms with Gasteiger partial charge in [-0.15, -0.1) is 0 Å². The van der Waals surface area contributed by atoms with Crippen molar-refractivity contribution in [3.63, 3.8) is 0 Å². The molecule has 6 rings (SSSR count). The third kappa shape index (κ3) is 8.13. The van der Waals surface area contributed by atoms with Gasteiger partial charge in [0.25, 0.3) is 0 Å². The van der Waals surface area contributed by atoms with E-state index in [1.54, 1.807) is 0 Å². The van der Waals surface area contributed by atoms with Gasteiger partial charge in [-0.25, -0.2) is 0 Å². The molecule has 0 N–H and O–H groups in total. The minimum Gasteiger partial charge on any atom is -0.0999 e. The van der Waals surface area contributed by atoms with Crippen LogP contribution in [0.2, 0.25) is 0 Å². The van der Waals surface area contributed by atoms with Gasteiger partial charge in [0.05, 0.1) is 0 Å². The second-order valence-corrected chi connectivity index (χ2v) is 8.95. The van der Waals surface area contributed by atoms with E-state index in [2.05, 4.69) is 182 Å². The first-order chi connectivity index (χ1) is 18.9. The van der Waals surface area contributed by atoms with Crippen LogP contribution in [-0.4, -0.2) is 0 Å². The molecule has 2 heteroatoms. The second kappa shape index (κ2) is 16.4. The Bertz CT molecular complexity index is 1170. The molecule has 0 unspecified atom stereocenters. The summed E-state index contributed by atoms with van der Waals surface area (Å²) in [5.74, 6) is 2.56. The monoisotopic (exact) mass is 500 g/mol. The molecule has 0 radical (unpaired) electrons. The molecular weight excluding hydrogens is 470 g/mol. The van der Waals surface area contributed by atoms with Crippen molar-refractivity contribution in [2.75, 3.05) is 0 Å². The van der Waals surface area contributed by atoms with Gasteiger partial charge in [-0.2, -0.15) is 0 Å². The van der Waals surface area contributed by atoms with Crippen LogP contribution in [0.25, 0.3) is 0 Å².